The number of rotatable bonds is 9. The highest BCUT2D eigenvalue weighted by Crippen LogP contribution is 2.50. The van der Waals surface area contributed by atoms with Gasteiger partial charge in [-0.25, -0.2) is 24.0 Å². The van der Waals surface area contributed by atoms with Gasteiger partial charge in [0.2, 0.25) is 5.95 Å². The summed E-state index contributed by atoms with van der Waals surface area (Å²) in [6, 6.07) is 0. The molecule has 0 aliphatic carbocycles. The number of methoxy groups -OCH3 is 1. The number of fused-ring (bicyclic) bond motifs is 2. The summed E-state index contributed by atoms with van der Waals surface area (Å²) in [6.45, 7) is -0.543. The minimum Gasteiger partial charge on any atom is -0.390 e. The Balaban J connectivity index is 1.17. The van der Waals surface area contributed by atoms with E-state index in [1.54, 1.807) is 0 Å². The lowest BCUT2D eigenvalue weighted by Crippen LogP contribution is -2.35. The van der Waals surface area contributed by atoms with Gasteiger partial charge in [0.25, 0.3) is 5.56 Å². The second-order valence-electron chi connectivity index (χ2n) is 9.67. The van der Waals surface area contributed by atoms with E-state index >= 15 is 0 Å². The number of aliphatic hydroxyl groups excluding tert-OH is 2. The van der Waals surface area contributed by atoms with Crippen molar-refractivity contribution in [2.24, 2.45) is 0 Å². The number of phosphoric ester groups is 1. The zero-order chi connectivity index (χ0) is 29.8. The van der Waals surface area contributed by atoms with Crippen molar-refractivity contribution in [1.29, 1.82) is 0 Å². The molecule has 0 saturated carbocycles. The van der Waals surface area contributed by atoms with Crippen molar-refractivity contribution >= 4 is 36.4 Å². The molecule has 20 nitrogen and oxygen atoms in total. The molecule has 0 amide bonds. The summed E-state index contributed by atoms with van der Waals surface area (Å²) in [4.78, 5) is 41.3. The summed E-state index contributed by atoms with van der Waals surface area (Å²) in [5.74, 6) is -0.0624. The van der Waals surface area contributed by atoms with E-state index in [0.717, 1.165) is 0 Å². The van der Waals surface area contributed by atoms with E-state index in [4.69, 9.17) is 34.7 Å². The van der Waals surface area contributed by atoms with Gasteiger partial charge in [0, 0.05) is 13.5 Å². The molecule has 0 radical (unpaired) electrons. The second kappa shape index (κ2) is 10.9. The maximum absolute atomic E-state index is 13.1. The molecular weight excluding hydrogens is 583 g/mol. The lowest BCUT2D eigenvalue weighted by molar-refractivity contribution is -0.0592. The highest BCUT2D eigenvalue weighted by atomic mass is 31.2. The predicted octanol–water partition coefficient (Wildman–Crippen LogP) is -1.98. The van der Waals surface area contributed by atoms with E-state index in [0.29, 0.717) is 5.69 Å². The minimum atomic E-state index is -4.88. The Morgan fingerprint density at radius 2 is 2.00 bits per heavy atom. The van der Waals surface area contributed by atoms with Crippen LogP contribution in [-0.2, 0) is 27.8 Å². The van der Waals surface area contributed by atoms with Crippen LogP contribution in [0.1, 0.15) is 24.4 Å². The van der Waals surface area contributed by atoms with E-state index < -0.39 is 62.8 Å². The molecule has 6 heterocycles. The maximum Gasteiger partial charge on any atom is 0.472 e. The summed E-state index contributed by atoms with van der Waals surface area (Å²) < 4.78 is 43.1. The van der Waals surface area contributed by atoms with Crippen molar-refractivity contribution < 1.29 is 42.9 Å². The van der Waals surface area contributed by atoms with E-state index in [1.165, 1.54) is 35.0 Å². The number of H-pyrrole nitrogens is 1. The lowest BCUT2D eigenvalue weighted by Gasteiger charge is -2.24. The molecule has 2 aliphatic rings. The number of anilines is 2. The molecule has 4 aromatic rings. The molecular formula is C21H27N10O10P. The zero-order valence-electron chi connectivity index (χ0n) is 21.8. The fourth-order valence-electron chi connectivity index (χ4n) is 5.02. The van der Waals surface area contributed by atoms with Crippen molar-refractivity contribution in [3.05, 3.63) is 34.9 Å². The normalized spacial score (nSPS) is 29.5. The lowest BCUT2D eigenvalue weighted by atomic mass is 10.1. The van der Waals surface area contributed by atoms with Crippen molar-refractivity contribution in [1.82, 2.24) is 39.1 Å². The number of nitrogens with one attached hydrogen (secondary N) is 1. The molecule has 4 aromatic heterocycles. The molecule has 8 atom stereocenters. The second-order valence-corrected chi connectivity index (χ2v) is 11.1. The third-order valence-corrected chi connectivity index (χ3v) is 7.87. The fourth-order valence-corrected chi connectivity index (χ4v) is 5.97. The van der Waals surface area contributed by atoms with Gasteiger partial charge in [-0.3, -0.25) is 23.4 Å². The molecule has 42 heavy (non-hydrogen) atoms. The van der Waals surface area contributed by atoms with Crippen LogP contribution in [0.3, 0.4) is 0 Å². The van der Waals surface area contributed by atoms with Crippen LogP contribution in [0.25, 0.3) is 16.8 Å². The predicted molar refractivity (Wildman–Crippen MR) is 138 cm³/mol. The first-order chi connectivity index (χ1) is 20.1. The Hall–Kier alpha value is -3.59. The van der Waals surface area contributed by atoms with Crippen LogP contribution < -0.4 is 17.0 Å². The monoisotopic (exact) mass is 610 g/mol. The van der Waals surface area contributed by atoms with E-state index in [9.17, 15) is 24.5 Å². The summed E-state index contributed by atoms with van der Waals surface area (Å²) in [6.07, 6.45) is -4.03. The van der Waals surface area contributed by atoms with E-state index in [1.807, 2.05) is 0 Å². The Morgan fingerprint density at radius 3 is 2.79 bits per heavy atom. The molecule has 1 unspecified atom stereocenters. The number of hydrogen-bond acceptors (Lipinski definition) is 16. The summed E-state index contributed by atoms with van der Waals surface area (Å²) in [5.41, 5.74) is 11.5. The third-order valence-electron chi connectivity index (χ3n) is 6.89. The van der Waals surface area contributed by atoms with Gasteiger partial charge in [-0.2, -0.15) is 10.1 Å². The number of aromatic amines is 1. The Bertz CT molecular complexity index is 1710. The van der Waals surface area contributed by atoms with Crippen LogP contribution in [0.15, 0.2) is 23.6 Å². The molecule has 2 saturated heterocycles. The third kappa shape index (κ3) is 5.12. The van der Waals surface area contributed by atoms with Crippen molar-refractivity contribution in [3.63, 3.8) is 0 Å². The molecule has 8 N–H and O–H groups in total. The number of aliphatic hydroxyl groups is 2. The van der Waals surface area contributed by atoms with Gasteiger partial charge >= 0.3 is 7.82 Å². The number of phosphoric acid groups is 1. The minimum absolute atomic E-state index is 0.00684. The highest BCUT2D eigenvalue weighted by molar-refractivity contribution is 7.47. The van der Waals surface area contributed by atoms with Gasteiger partial charge in [-0.1, -0.05) is 0 Å². The first kappa shape index (κ1) is 28.5. The Morgan fingerprint density at radius 1 is 1.19 bits per heavy atom. The van der Waals surface area contributed by atoms with Crippen LogP contribution in [0.4, 0.5) is 11.8 Å². The van der Waals surface area contributed by atoms with Gasteiger partial charge in [-0.05, 0) is 0 Å². The molecule has 6 rings (SSSR count). The van der Waals surface area contributed by atoms with Gasteiger partial charge in [0.15, 0.2) is 28.9 Å². The van der Waals surface area contributed by atoms with Crippen LogP contribution in [0, 0.1) is 0 Å². The molecule has 21 heteroatoms. The molecule has 0 aromatic carbocycles. The van der Waals surface area contributed by atoms with Crippen LogP contribution in [-0.4, -0.2) is 105 Å². The number of nitrogens with zero attached hydrogens (tertiary/aromatic N) is 7. The first-order valence-electron chi connectivity index (χ1n) is 12.5. The average molecular weight is 610 g/mol. The standard InChI is InChI=1S/C21H27N10O10P/c1-37-5-11-13(33)15(20(40-11)30-7-26-12-17(30)28-21(23)29-19(12)34)41-42(35,36)38-4-8-2-10(32)14(39-8)9-3-24-18-16(22)25-6-27-31(9)18/h3,6-8,10-11,13-15,20,32-33H,2,4-5H2,1H3,(H,35,36)(H2,22,25,27)(H3,23,28,29,34)/t8-,10+,11+,13+,14-,15+,20+/m0/s1. The quantitative estimate of drug-likeness (QED) is 0.112. The van der Waals surface area contributed by atoms with Gasteiger partial charge in [0.05, 0.1) is 43.6 Å². The van der Waals surface area contributed by atoms with Gasteiger partial charge in [-0.15, -0.1) is 0 Å². The molecule has 0 bridgehead atoms. The van der Waals surface area contributed by atoms with Crippen LogP contribution in [0.5, 0.6) is 0 Å². The fraction of sp³-hybridized carbons (Fsp3) is 0.524. The summed E-state index contributed by atoms with van der Waals surface area (Å²) in [5, 5.41) is 25.6. The number of ether oxygens (including phenoxy) is 3. The average Bonchev–Trinajstić information content (AvgIpc) is 3.70. The number of nitrogen functional groups attached to an aromatic ring is 2. The first-order valence-corrected chi connectivity index (χ1v) is 14.0. The largest absolute Gasteiger partial charge is 0.472 e. The molecule has 0 spiro atoms. The van der Waals surface area contributed by atoms with E-state index in [-0.39, 0.29) is 41.6 Å². The molecule has 226 valence electrons. The number of nitrogens with two attached hydrogens (primary N) is 2. The topological polar surface area (TPSA) is 283 Å². The van der Waals surface area contributed by atoms with Crippen molar-refractivity contribution in [2.45, 2.75) is 49.3 Å². The Labute approximate surface area is 234 Å². The van der Waals surface area contributed by atoms with Gasteiger partial charge < -0.3 is 40.8 Å². The molecule has 2 fully saturated rings. The van der Waals surface area contributed by atoms with E-state index in [2.05, 4.69) is 30.0 Å². The van der Waals surface area contributed by atoms with Crippen molar-refractivity contribution in [3.8, 4) is 0 Å². The summed E-state index contributed by atoms with van der Waals surface area (Å²) in [7, 11) is -3.50. The number of imidazole rings is 2. The zero-order valence-corrected chi connectivity index (χ0v) is 22.7. The maximum atomic E-state index is 13.1. The van der Waals surface area contributed by atoms with Crippen molar-refractivity contribution in [2.75, 3.05) is 31.8 Å². The highest BCUT2D eigenvalue weighted by Gasteiger charge is 2.50. The SMILES string of the molecule is COC[C@H]1O[C@@H](n2cnc3c(=O)[nH]c(N)nc32)[C@H](OP(=O)(O)OC[C@@H]2C[C@@H](O)[C@H](c3cnc4c(N)ncnn34)O2)[C@@H]1O. The summed E-state index contributed by atoms with van der Waals surface area (Å²) >= 11 is 0. The number of aromatic nitrogens is 8. The van der Waals surface area contributed by atoms with Crippen LogP contribution >= 0.6 is 7.82 Å². The Kier molecular flexibility index (Phi) is 7.41. The molecule has 2 aliphatic heterocycles. The van der Waals surface area contributed by atoms with Crippen LogP contribution in [0.2, 0.25) is 0 Å². The van der Waals surface area contributed by atoms with Gasteiger partial charge in [0.1, 0.15) is 30.7 Å². The smallest absolute Gasteiger partial charge is 0.390 e. The number of hydrogen-bond donors (Lipinski definition) is 6.